The molecule has 1 unspecified atom stereocenters. The predicted molar refractivity (Wildman–Crippen MR) is 72.9 cm³/mol. The second-order valence-electron chi connectivity index (χ2n) is 5.85. The van der Waals surface area contributed by atoms with Crippen LogP contribution in [0.5, 0.6) is 5.75 Å². The summed E-state index contributed by atoms with van der Waals surface area (Å²) < 4.78 is 0. The van der Waals surface area contributed by atoms with Crippen LogP contribution in [0.3, 0.4) is 0 Å². The highest BCUT2D eigenvalue weighted by molar-refractivity contribution is 5.47. The number of anilines is 1. The number of phenolic OH excluding ortho intramolecular Hbond substituents is 1. The van der Waals surface area contributed by atoms with Crippen LogP contribution < -0.4 is 5.73 Å². The van der Waals surface area contributed by atoms with E-state index in [0.717, 1.165) is 5.56 Å². The first-order valence-electron chi connectivity index (χ1n) is 5.99. The highest BCUT2D eigenvalue weighted by atomic mass is 16.3. The molecule has 96 valence electrons. The fraction of sp³-hybridized carbons (Fsp3) is 0.571. The van der Waals surface area contributed by atoms with Crippen LogP contribution in [0.1, 0.15) is 33.3 Å². The van der Waals surface area contributed by atoms with Gasteiger partial charge in [-0.3, -0.25) is 4.90 Å². The maximum atomic E-state index is 9.79. The van der Waals surface area contributed by atoms with E-state index in [2.05, 4.69) is 39.6 Å². The molecule has 0 aromatic heterocycles. The lowest BCUT2D eigenvalue weighted by Crippen LogP contribution is -2.38. The second kappa shape index (κ2) is 4.96. The largest absolute Gasteiger partial charge is 0.508 e. The third-order valence-corrected chi connectivity index (χ3v) is 3.44. The van der Waals surface area contributed by atoms with Crippen molar-refractivity contribution in [2.75, 3.05) is 12.8 Å². The van der Waals surface area contributed by atoms with Gasteiger partial charge in [0.25, 0.3) is 0 Å². The summed E-state index contributed by atoms with van der Waals surface area (Å²) in [7, 11) is 2.07. The van der Waals surface area contributed by atoms with E-state index < -0.39 is 0 Å². The number of phenols is 1. The second-order valence-corrected chi connectivity index (χ2v) is 5.85. The average Bonchev–Trinajstić information content (AvgIpc) is 2.21. The number of rotatable bonds is 3. The van der Waals surface area contributed by atoms with Crippen LogP contribution in [0.15, 0.2) is 18.2 Å². The van der Waals surface area contributed by atoms with E-state index >= 15 is 0 Å². The molecule has 1 rings (SSSR count). The number of hydrogen-bond donors (Lipinski definition) is 2. The molecule has 1 aromatic rings. The fourth-order valence-electron chi connectivity index (χ4n) is 1.80. The van der Waals surface area contributed by atoms with Crippen LogP contribution in [0.25, 0.3) is 0 Å². The van der Waals surface area contributed by atoms with E-state index in [9.17, 15) is 5.11 Å². The minimum atomic E-state index is 0.213. The molecular weight excluding hydrogens is 212 g/mol. The number of aromatic hydroxyl groups is 1. The monoisotopic (exact) mass is 236 g/mol. The van der Waals surface area contributed by atoms with E-state index in [-0.39, 0.29) is 5.41 Å². The molecule has 3 heteroatoms. The lowest BCUT2D eigenvalue weighted by Gasteiger charge is -2.35. The van der Waals surface area contributed by atoms with Gasteiger partial charge in [-0.05, 0) is 37.6 Å². The number of nitrogens with two attached hydrogens (primary N) is 1. The van der Waals surface area contributed by atoms with Crippen molar-refractivity contribution in [3.8, 4) is 5.75 Å². The van der Waals surface area contributed by atoms with Gasteiger partial charge in [-0.25, -0.2) is 0 Å². The quantitative estimate of drug-likeness (QED) is 0.626. The first kappa shape index (κ1) is 13.8. The van der Waals surface area contributed by atoms with Crippen molar-refractivity contribution in [2.45, 2.75) is 40.3 Å². The zero-order valence-electron chi connectivity index (χ0n) is 11.5. The van der Waals surface area contributed by atoms with Gasteiger partial charge in [0.05, 0.1) is 0 Å². The molecule has 0 saturated heterocycles. The maximum Gasteiger partial charge on any atom is 0.120 e. The molecule has 0 spiro atoms. The Morgan fingerprint density at radius 3 is 2.47 bits per heavy atom. The van der Waals surface area contributed by atoms with Crippen LogP contribution in [0, 0.1) is 5.41 Å². The lowest BCUT2D eigenvalue weighted by molar-refractivity contribution is 0.134. The summed E-state index contributed by atoms with van der Waals surface area (Å²) in [5, 5.41) is 9.79. The normalized spacial score (nSPS) is 14.0. The SMILES string of the molecule is CC(N(C)Cc1cc(N)ccc1O)C(C)(C)C. The molecule has 0 aliphatic carbocycles. The first-order chi connectivity index (χ1) is 7.71. The van der Waals surface area contributed by atoms with E-state index in [1.54, 1.807) is 12.1 Å². The summed E-state index contributed by atoms with van der Waals surface area (Å²) >= 11 is 0. The van der Waals surface area contributed by atoms with Crippen molar-refractivity contribution in [3.05, 3.63) is 23.8 Å². The average molecular weight is 236 g/mol. The fourth-order valence-corrected chi connectivity index (χ4v) is 1.80. The molecule has 1 atom stereocenters. The zero-order chi connectivity index (χ0) is 13.2. The molecule has 3 N–H and O–H groups in total. The summed E-state index contributed by atoms with van der Waals surface area (Å²) in [6.45, 7) is 9.55. The van der Waals surface area contributed by atoms with E-state index in [1.165, 1.54) is 0 Å². The first-order valence-corrected chi connectivity index (χ1v) is 5.99. The topological polar surface area (TPSA) is 49.5 Å². The molecule has 0 heterocycles. The molecular formula is C14H24N2O. The zero-order valence-corrected chi connectivity index (χ0v) is 11.5. The molecule has 0 radical (unpaired) electrons. The standard InChI is InChI=1S/C14H24N2O/c1-10(14(2,3)4)16(5)9-11-8-12(15)6-7-13(11)17/h6-8,10,17H,9,15H2,1-5H3. The van der Waals surface area contributed by atoms with Gasteiger partial charge >= 0.3 is 0 Å². The van der Waals surface area contributed by atoms with E-state index in [1.807, 2.05) is 6.07 Å². The van der Waals surface area contributed by atoms with Crippen molar-refractivity contribution in [1.29, 1.82) is 0 Å². The smallest absolute Gasteiger partial charge is 0.120 e. The summed E-state index contributed by atoms with van der Waals surface area (Å²) in [5.41, 5.74) is 7.52. The number of hydrogen-bond acceptors (Lipinski definition) is 3. The third-order valence-electron chi connectivity index (χ3n) is 3.44. The van der Waals surface area contributed by atoms with Crippen molar-refractivity contribution < 1.29 is 5.11 Å². The van der Waals surface area contributed by atoms with Crippen LogP contribution >= 0.6 is 0 Å². The van der Waals surface area contributed by atoms with Gasteiger partial charge in [-0.2, -0.15) is 0 Å². The molecule has 0 fully saturated rings. The molecule has 0 saturated carbocycles. The maximum absolute atomic E-state index is 9.79. The summed E-state index contributed by atoms with van der Waals surface area (Å²) in [6.07, 6.45) is 0. The Kier molecular flexibility index (Phi) is 4.04. The highest BCUT2D eigenvalue weighted by Gasteiger charge is 2.24. The Morgan fingerprint density at radius 1 is 1.35 bits per heavy atom. The van der Waals surface area contributed by atoms with Gasteiger partial charge < -0.3 is 10.8 Å². The lowest BCUT2D eigenvalue weighted by atomic mass is 9.87. The van der Waals surface area contributed by atoms with Crippen LogP contribution in [0.2, 0.25) is 0 Å². The van der Waals surface area contributed by atoms with Crippen LogP contribution in [-0.4, -0.2) is 23.1 Å². The summed E-state index contributed by atoms with van der Waals surface area (Å²) in [4.78, 5) is 2.23. The van der Waals surface area contributed by atoms with Crippen molar-refractivity contribution in [2.24, 2.45) is 5.41 Å². The molecule has 0 aliphatic rings. The Balaban J connectivity index is 2.81. The molecule has 0 bridgehead atoms. The number of nitrogens with zero attached hydrogens (tertiary/aromatic N) is 1. The van der Waals surface area contributed by atoms with Crippen molar-refractivity contribution >= 4 is 5.69 Å². The number of nitrogen functional groups attached to an aromatic ring is 1. The van der Waals surface area contributed by atoms with E-state index in [4.69, 9.17) is 5.73 Å². The van der Waals surface area contributed by atoms with Crippen molar-refractivity contribution in [3.63, 3.8) is 0 Å². The third kappa shape index (κ3) is 3.63. The van der Waals surface area contributed by atoms with Gasteiger partial charge in [0.2, 0.25) is 0 Å². The van der Waals surface area contributed by atoms with Crippen LogP contribution in [-0.2, 0) is 6.54 Å². The minimum Gasteiger partial charge on any atom is -0.508 e. The van der Waals surface area contributed by atoms with Gasteiger partial charge in [0.1, 0.15) is 5.75 Å². The van der Waals surface area contributed by atoms with Gasteiger partial charge in [0.15, 0.2) is 0 Å². The summed E-state index contributed by atoms with van der Waals surface area (Å²) in [5.74, 6) is 0.312. The molecule has 17 heavy (non-hydrogen) atoms. The Labute approximate surface area is 104 Å². The molecule has 3 nitrogen and oxygen atoms in total. The highest BCUT2D eigenvalue weighted by Crippen LogP contribution is 2.27. The van der Waals surface area contributed by atoms with Gasteiger partial charge in [-0.15, -0.1) is 0 Å². The summed E-state index contributed by atoms with van der Waals surface area (Å²) in [6, 6.07) is 5.62. The van der Waals surface area contributed by atoms with Crippen LogP contribution in [0.4, 0.5) is 5.69 Å². The Hall–Kier alpha value is -1.22. The van der Waals surface area contributed by atoms with Gasteiger partial charge in [-0.1, -0.05) is 20.8 Å². The number of benzene rings is 1. The minimum absolute atomic E-state index is 0.213. The van der Waals surface area contributed by atoms with E-state index in [0.29, 0.717) is 24.0 Å². The molecule has 1 aromatic carbocycles. The Bertz CT molecular complexity index is 382. The molecule has 0 amide bonds. The van der Waals surface area contributed by atoms with Crippen molar-refractivity contribution in [1.82, 2.24) is 4.90 Å². The Morgan fingerprint density at radius 2 is 1.94 bits per heavy atom. The van der Waals surface area contributed by atoms with Gasteiger partial charge in [0, 0.05) is 23.8 Å². The predicted octanol–water partition coefficient (Wildman–Crippen LogP) is 2.84. The molecule has 0 aliphatic heterocycles.